The summed E-state index contributed by atoms with van der Waals surface area (Å²) in [5, 5.41) is 5.58. The van der Waals surface area contributed by atoms with Crippen LogP contribution in [0.3, 0.4) is 0 Å². The van der Waals surface area contributed by atoms with Gasteiger partial charge in [-0.25, -0.2) is 32.1 Å². The number of nitrogens with zero attached hydrogens (tertiary/aromatic N) is 3. The van der Waals surface area contributed by atoms with Gasteiger partial charge in [0.25, 0.3) is 11.8 Å². The monoisotopic (exact) mass is 796 g/mol. The van der Waals surface area contributed by atoms with Crippen LogP contribution in [0.5, 0.6) is 0 Å². The van der Waals surface area contributed by atoms with Crippen LogP contribution in [0.2, 0.25) is 0 Å². The van der Waals surface area contributed by atoms with Crippen molar-refractivity contribution in [2.45, 2.75) is 133 Å². The van der Waals surface area contributed by atoms with Gasteiger partial charge in [0.1, 0.15) is 11.2 Å². The molecule has 0 spiro atoms. The van der Waals surface area contributed by atoms with E-state index in [4.69, 9.17) is 15.2 Å². The van der Waals surface area contributed by atoms with Crippen molar-refractivity contribution in [1.29, 1.82) is 0 Å². The lowest BCUT2D eigenvalue weighted by molar-refractivity contribution is 0.0410. The SMILES string of the molecule is CC(C)(C)OC(=O)N[C@H](CN)C(C)(C)C.CC(C)(C)OC(=O)N[C@H](CN1C(=O)c2ccccc2C1=O)C(C)(C)C.CN(C[C@@H](N=C=O)C(C)(C)C)S(C)(=O)=O. The lowest BCUT2D eigenvalue weighted by Crippen LogP contribution is -2.52. The average Bonchev–Trinajstić information content (AvgIpc) is 3.21. The van der Waals surface area contributed by atoms with Crippen LogP contribution in [-0.2, 0) is 24.3 Å². The van der Waals surface area contributed by atoms with E-state index in [9.17, 15) is 32.4 Å². The molecule has 1 aromatic carbocycles. The standard InChI is InChI=1S/C19H26N2O4.C11H24N2O2.C9H18N2O3S/c1-18(2,3)14(20-17(24)25-19(4,5)6)11-21-15(22)12-9-7-8-10-13(12)16(21)23;1-10(2,3)8(7-12)13-9(14)15-11(4,5)6;1-9(2,3)8(10-7-12)6-11(4)15(5,13)14/h7-10,14H,11H2,1-6H3,(H,20,24);8H,7,12H2,1-6H3,(H,13,14);8H,6H2,1-5H3/t14-;2*8-/m111/s1. The van der Waals surface area contributed by atoms with Crippen molar-refractivity contribution in [3.63, 3.8) is 0 Å². The van der Waals surface area contributed by atoms with Crippen LogP contribution in [0.15, 0.2) is 29.3 Å². The van der Waals surface area contributed by atoms with E-state index in [2.05, 4.69) is 15.6 Å². The lowest BCUT2D eigenvalue weighted by Gasteiger charge is -2.34. The molecule has 1 aromatic rings. The molecule has 0 aliphatic carbocycles. The molecule has 15 nitrogen and oxygen atoms in total. The van der Waals surface area contributed by atoms with Gasteiger partial charge in [-0.1, -0.05) is 74.4 Å². The maximum atomic E-state index is 12.5. The third kappa shape index (κ3) is 19.0. The molecule has 3 atom stereocenters. The predicted molar refractivity (Wildman–Crippen MR) is 215 cm³/mol. The third-order valence-corrected chi connectivity index (χ3v) is 9.44. The molecule has 4 N–H and O–H groups in total. The van der Waals surface area contributed by atoms with E-state index < -0.39 is 39.5 Å². The summed E-state index contributed by atoms with van der Waals surface area (Å²) in [7, 11) is -1.77. The Balaban J connectivity index is 0.000000846. The van der Waals surface area contributed by atoms with E-state index in [1.54, 1.807) is 45.0 Å². The Morgan fingerprint density at radius 1 is 0.782 bits per heavy atom. The first-order valence-electron chi connectivity index (χ1n) is 18.2. The molecule has 2 rings (SSSR count). The van der Waals surface area contributed by atoms with Crippen LogP contribution in [0, 0.1) is 16.2 Å². The number of nitrogens with two attached hydrogens (primary N) is 1. The van der Waals surface area contributed by atoms with Gasteiger partial charge in [-0.15, -0.1) is 0 Å². The van der Waals surface area contributed by atoms with Crippen molar-refractivity contribution >= 4 is 40.1 Å². The number of isocyanates is 1. The first-order valence-corrected chi connectivity index (χ1v) is 20.0. The van der Waals surface area contributed by atoms with Gasteiger partial charge in [0, 0.05) is 26.2 Å². The van der Waals surface area contributed by atoms with Crippen molar-refractivity contribution < 1.29 is 41.9 Å². The molecule has 0 unspecified atom stereocenters. The zero-order valence-electron chi connectivity index (χ0n) is 36.2. The fourth-order valence-electron chi connectivity index (χ4n) is 4.60. The van der Waals surface area contributed by atoms with E-state index in [1.165, 1.54) is 22.3 Å². The second kappa shape index (κ2) is 19.8. The number of benzene rings is 1. The number of sulfonamides is 1. The molecule has 1 aliphatic rings. The van der Waals surface area contributed by atoms with Crippen molar-refractivity contribution in [1.82, 2.24) is 19.8 Å². The second-order valence-corrected chi connectivity index (χ2v) is 20.9. The quantitative estimate of drug-likeness (QED) is 0.157. The fourth-order valence-corrected chi connectivity index (χ4v) is 5.02. The summed E-state index contributed by atoms with van der Waals surface area (Å²) in [6, 6.07) is 5.85. The Morgan fingerprint density at radius 3 is 1.45 bits per heavy atom. The molecule has 16 heteroatoms. The van der Waals surface area contributed by atoms with Crippen LogP contribution in [0.4, 0.5) is 9.59 Å². The Bertz CT molecular complexity index is 1590. The van der Waals surface area contributed by atoms with E-state index >= 15 is 0 Å². The van der Waals surface area contributed by atoms with Crippen LogP contribution >= 0.6 is 0 Å². The number of rotatable bonds is 9. The highest BCUT2D eigenvalue weighted by Gasteiger charge is 2.39. The molecule has 0 aromatic heterocycles. The van der Waals surface area contributed by atoms with Crippen molar-refractivity contribution in [2.24, 2.45) is 27.0 Å². The van der Waals surface area contributed by atoms with Gasteiger partial charge in [-0.05, 0) is 69.9 Å². The number of fused-ring (bicyclic) bond motifs is 1. The van der Waals surface area contributed by atoms with Crippen LogP contribution in [-0.4, -0.2) is 110 Å². The summed E-state index contributed by atoms with van der Waals surface area (Å²) < 4.78 is 34.0. The molecule has 0 saturated heterocycles. The number of amides is 4. The Labute approximate surface area is 329 Å². The molecule has 0 fully saturated rings. The Kier molecular flexibility index (Phi) is 18.4. The molecule has 1 aliphatic heterocycles. The number of carbonyl (C=O) groups excluding carboxylic acids is 5. The predicted octanol–water partition coefficient (Wildman–Crippen LogP) is 5.73. The number of nitrogens with one attached hydrogen (secondary N) is 2. The number of hydrogen-bond acceptors (Lipinski definition) is 11. The zero-order chi connectivity index (χ0) is 43.5. The van der Waals surface area contributed by atoms with Gasteiger partial charge in [0.2, 0.25) is 16.1 Å². The summed E-state index contributed by atoms with van der Waals surface area (Å²) >= 11 is 0. The molecule has 0 bridgehead atoms. The zero-order valence-corrected chi connectivity index (χ0v) is 37.0. The smallest absolute Gasteiger partial charge is 0.407 e. The summed E-state index contributed by atoms with van der Waals surface area (Å²) in [6.45, 7) is 29.1. The van der Waals surface area contributed by atoms with E-state index in [0.717, 1.165) is 6.26 Å². The van der Waals surface area contributed by atoms with Crippen LogP contribution in [0.25, 0.3) is 0 Å². The highest BCUT2D eigenvalue weighted by Crippen LogP contribution is 2.27. The summed E-state index contributed by atoms with van der Waals surface area (Å²) in [5.41, 5.74) is 4.61. The first kappa shape index (κ1) is 51.1. The lowest BCUT2D eigenvalue weighted by atomic mass is 9.86. The maximum absolute atomic E-state index is 12.5. The number of carbonyl (C=O) groups is 4. The highest BCUT2D eigenvalue weighted by atomic mass is 32.2. The second-order valence-electron chi connectivity index (χ2n) is 18.8. The van der Waals surface area contributed by atoms with Gasteiger partial charge >= 0.3 is 12.2 Å². The highest BCUT2D eigenvalue weighted by molar-refractivity contribution is 7.88. The molecule has 55 heavy (non-hydrogen) atoms. The Hall–Kier alpha value is -3.85. The molecule has 314 valence electrons. The summed E-state index contributed by atoms with van der Waals surface area (Å²) in [4.78, 5) is 63.8. The number of alkyl carbamates (subject to hydrolysis) is 2. The normalized spacial score (nSPS) is 15.2. The average molecular weight is 797 g/mol. The number of ether oxygens (including phenoxy) is 2. The number of imide groups is 1. The van der Waals surface area contributed by atoms with Gasteiger partial charge in [-0.2, -0.15) is 0 Å². The fraction of sp³-hybridized carbons (Fsp3) is 0.718. The minimum atomic E-state index is -3.23. The van der Waals surface area contributed by atoms with Crippen molar-refractivity contribution in [2.75, 3.05) is 32.9 Å². The Morgan fingerprint density at radius 2 is 1.16 bits per heavy atom. The number of likely N-dealkylation sites (N-methyl/N-ethyl adjacent to an activating group) is 1. The molecule has 1 heterocycles. The summed E-state index contributed by atoms with van der Waals surface area (Å²) in [5.74, 6) is -0.665. The largest absolute Gasteiger partial charge is 0.444 e. The summed E-state index contributed by atoms with van der Waals surface area (Å²) in [6.07, 6.45) is 1.63. The van der Waals surface area contributed by atoms with Gasteiger partial charge in [-0.3, -0.25) is 14.5 Å². The van der Waals surface area contributed by atoms with E-state index in [-0.39, 0.29) is 53.2 Å². The maximum Gasteiger partial charge on any atom is 0.407 e. The van der Waals surface area contributed by atoms with Gasteiger partial charge in [0.05, 0.1) is 36.0 Å². The topological polar surface area (TPSA) is 207 Å². The van der Waals surface area contributed by atoms with Gasteiger partial charge in [0.15, 0.2) is 0 Å². The van der Waals surface area contributed by atoms with Crippen LogP contribution < -0.4 is 16.4 Å². The van der Waals surface area contributed by atoms with Crippen molar-refractivity contribution in [3.05, 3.63) is 35.4 Å². The molecular weight excluding hydrogens is 729 g/mol. The van der Waals surface area contributed by atoms with Crippen molar-refractivity contribution in [3.8, 4) is 0 Å². The number of aliphatic imine (C=N–C) groups is 1. The minimum Gasteiger partial charge on any atom is -0.444 e. The minimum absolute atomic E-state index is 0.0638. The van der Waals surface area contributed by atoms with Crippen LogP contribution in [0.1, 0.15) is 125 Å². The first-order chi connectivity index (χ1) is 24.5. The number of hydrogen-bond donors (Lipinski definition) is 3. The molecule has 0 saturated carbocycles. The molecule has 0 radical (unpaired) electrons. The third-order valence-electron chi connectivity index (χ3n) is 8.16. The van der Waals surface area contributed by atoms with E-state index in [0.29, 0.717) is 17.7 Å². The van der Waals surface area contributed by atoms with E-state index in [1.807, 2.05) is 83.1 Å². The van der Waals surface area contributed by atoms with Gasteiger partial charge < -0.3 is 25.8 Å². The molecule has 4 amide bonds. The molecular formula is C39H68N6O9S.